The fourth-order valence-corrected chi connectivity index (χ4v) is 2.90. The van der Waals surface area contributed by atoms with E-state index >= 15 is 0 Å². The number of halogens is 1. The molecule has 0 bridgehead atoms. The number of nitrogens with one attached hydrogen (secondary N) is 1. The van der Waals surface area contributed by atoms with Crippen molar-refractivity contribution in [2.75, 3.05) is 12.3 Å². The third-order valence-corrected chi connectivity index (χ3v) is 4.00. The number of hydrogen-bond acceptors (Lipinski definition) is 2. The first kappa shape index (κ1) is 11.3. The van der Waals surface area contributed by atoms with E-state index in [2.05, 4.69) is 35.6 Å². The van der Waals surface area contributed by atoms with Crippen LogP contribution >= 0.6 is 23.4 Å². The van der Waals surface area contributed by atoms with Gasteiger partial charge < -0.3 is 5.32 Å². The van der Waals surface area contributed by atoms with Crippen LogP contribution in [0.5, 0.6) is 0 Å². The maximum Gasteiger partial charge on any atom is 0.0365 e. The van der Waals surface area contributed by atoms with Gasteiger partial charge in [-0.25, -0.2) is 0 Å². The van der Waals surface area contributed by atoms with Gasteiger partial charge in [0.25, 0.3) is 0 Å². The van der Waals surface area contributed by atoms with Crippen molar-refractivity contribution in [3.05, 3.63) is 30.3 Å². The van der Waals surface area contributed by atoms with Crippen LogP contribution in [0.25, 0.3) is 0 Å². The molecule has 1 aliphatic carbocycles. The molecule has 1 saturated carbocycles. The number of hydrogen-bond donors (Lipinski definition) is 1. The summed E-state index contributed by atoms with van der Waals surface area (Å²) < 4.78 is 0. The lowest BCUT2D eigenvalue weighted by atomic mass is 9.92. The Bertz CT molecular complexity index is 285. The van der Waals surface area contributed by atoms with Crippen LogP contribution in [-0.4, -0.2) is 23.7 Å². The molecular formula is C12H16ClNS. The van der Waals surface area contributed by atoms with Crippen LogP contribution in [0, 0.1) is 0 Å². The lowest BCUT2D eigenvalue weighted by Crippen LogP contribution is -2.42. The monoisotopic (exact) mass is 241 g/mol. The van der Waals surface area contributed by atoms with Crippen molar-refractivity contribution in [1.82, 2.24) is 5.32 Å². The summed E-state index contributed by atoms with van der Waals surface area (Å²) in [5, 5.41) is 3.94. The van der Waals surface area contributed by atoms with Crippen molar-refractivity contribution in [3.8, 4) is 0 Å². The predicted molar refractivity (Wildman–Crippen MR) is 67.8 cm³/mol. The molecule has 1 fully saturated rings. The van der Waals surface area contributed by atoms with Crippen molar-refractivity contribution in [2.45, 2.75) is 29.2 Å². The van der Waals surface area contributed by atoms with Gasteiger partial charge in [0, 0.05) is 28.6 Å². The van der Waals surface area contributed by atoms with Crippen molar-refractivity contribution < 1.29 is 0 Å². The molecule has 3 heteroatoms. The Kier molecular flexibility index (Phi) is 4.36. The standard InChI is InChI=1S/C12H16ClNS/c13-10-8-11(9-10)14-6-7-15-12-4-2-1-3-5-12/h1-5,10-11,14H,6-9H2. The normalized spacial score (nSPS) is 24.9. The molecule has 82 valence electrons. The van der Waals surface area contributed by atoms with Gasteiger partial charge in [-0.15, -0.1) is 23.4 Å². The summed E-state index contributed by atoms with van der Waals surface area (Å²) in [6.07, 6.45) is 2.27. The van der Waals surface area contributed by atoms with E-state index in [-0.39, 0.29) is 0 Å². The first-order chi connectivity index (χ1) is 7.34. The maximum atomic E-state index is 5.91. The Hall–Kier alpha value is -0.180. The summed E-state index contributed by atoms with van der Waals surface area (Å²) in [7, 11) is 0. The molecular weight excluding hydrogens is 226 g/mol. The minimum absolute atomic E-state index is 0.421. The lowest BCUT2D eigenvalue weighted by Gasteiger charge is -2.31. The quantitative estimate of drug-likeness (QED) is 0.483. The Balaban J connectivity index is 1.56. The van der Waals surface area contributed by atoms with E-state index in [1.54, 1.807) is 0 Å². The van der Waals surface area contributed by atoms with Crippen LogP contribution in [0.2, 0.25) is 0 Å². The zero-order valence-corrected chi connectivity index (χ0v) is 10.2. The van der Waals surface area contributed by atoms with Gasteiger partial charge in [0.05, 0.1) is 0 Å². The Morgan fingerprint density at radius 2 is 2.00 bits per heavy atom. The zero-order chi connectivity index (χ0) is 10.5. The molecule has 0 radical (unpaired) electrons. The van der Waals surface area contributed by atoms with E-state index in [0.717, 1.165) is 25.1 Å². The molecule has 2 rings (SSSR count). The molecule has 0 amide bonds. The topological polar surface area (TPSA) is 12.0 Å². The average molecular weight is 242 g/mol. The highest BCUT2D eigenvalue weighted by Gasteiger charge is 2.25. The van der Waals surface area contributed by atoms with Gasteiger partial charge in [-0.2, -0.15) is 0 Å². The predicted octanol–water partition coefficient (Wildman–Crippen LogP) is 3.14. The van der Waals surface area contributed by atoms with Gasteiger partial charge in [-0.05, 0) is 25.0 Å². The third kappa shape index (κ3) is 3.71. The van der Waals surface area contributed by atoms with E-state index in [1.807, 2.05) is 11.8 Å². The van der Waals surface area contributed by atoms with Gasteiger partial charge >= 0.3 is 0 Å². The second kappa shape index (κ2) is 5.78. The van der Waals surface area contributed by atoms with Gasteiger partial charge in [0.1, 0.15) is 0 Å². The molecule has 1 aromatic carbocycles. The van der Waals surface area contributed by atoms with E-state index in [4.69, 9.17) is 11.6 Å². The molecule has 0 heterocycles. The van der Waals surface area contributed by atoms with Gasteiger partial charge in [-0.3, -0.25) is 0 Å². The second-order valence-electron chi connectivity index (χ2n) is 3.88. The first-order valence-electron chi connectivity index (χ1n) is 5.40. The maximum absolute atomic E-state index is 5.91. The minimum Gasteiger partial charge on any atom is -0.313 e. The largest absolute Gasteiger partial charge is 0.313 e. The molecule has 0 unspecified atom stereocenters. The minimum atomic E-state index is 0.421. The molecule has 15 heavy (non-hydrogen) atoms. The average Bonchev–Trinajstić information content (AvgIpc) is 2.23. The van der Waals surface area contributed by atoms with E-state index in [1.165, 1.54) is 4.90 Å². The highest BCUT2D eigenvalue weighted by molar-refractivity contribution is 7.99. The molecule has 1 nitrogen and oxygen atoms in total. The van der Waals surface area contributed by atoms with Crippen LogP contribution in [0.15, 0.2) is 35.2 Å². The molecule has 0 saturated heterocycles. The summed E-state index contributed by atoms with van der Waals surface area (Å²) in [5.41, 5.74) is 0. The highest BCUT2D eigenvalue weighted by Crippen LogP contribution is 2.25. The number of thioether (sulfide) groups is 1. The van der Waals surface area contributed by atoms with Crippen LogP contribution in [0.3, 0.4) is 0 Å². The van der Waals surface area contributed by atoms with Crippen LogP contribution in [-0.2, 0) is 0 Å². The Morgan fingerprint density at radius 3 is 2.67 bits per heavy atom. The van der Waals surface area contributed by atoms with Crippen LogP contribution < -0.4 is 5.32 Å². The lowest BCUT2D eigenvalue weighted by molar-refractivity contribution is 0.354. The molecule has 0 atom stereocenters. The SMILES string of the molecule is ClC1CC(NCCSc2ccccc2)C1. The fraction of sp³-hybridized carbons (Fsp3) is 0.500. The Labute approximate surface area is 101 Å². The smallest absolute Gasteiger partial charge is 0.0365 e. The summed E-state index contributed by atoms with van der Waals surface area (Å²) in [5.74, 6) is 1.13. The molecule has 1 aliphatic rings. The van der Waals surface area contributed by atoms with Gasteiger partial charge in [-0.1, -0.05) is 18.2 Å². The van der Waals surface area contributed by atoms with Crippen LogP contribution in [0.1, 0.15) is 12.8 Å². The molecule has 0 aliphatic heterocycles. The van der Waals surface area contributed by atoms with E-state index < -0.39 is 0 Å². The molecule has 0 spiro atoms. The van der Waals surface area contributed by atoms with E-state index in [9.17, 15) is 0 Å². The van der Waals surface area contributed by atoms with Gasteiger partial charge in [0.15, 0.2) is 0 Å². The zero-order valence-electron chi connectivity index (χ0n) is 8.66. The van der Waals surface area contributed by atoms with Crippen molar-refractivity contribution in [1.29, 1.82) is 0 Å². The van der Waals surface area contributed by atoms with Gasteiger partial charge in [0.2, 0.25) is 0 Å². The Morgan fingerprint density at radius 1 is 1.27 bits per heavy atom. The summed E-state index contributed by atoms with van der Waals surface area (Å²) in [6.45, 7) is 1.08. The summed E-state index contributed by atoms with van der Waals surface area (Å²) in [6, 6.07) is 11.2. The number of rotatable bonds is 5. The molecule has 1 aromatic rings. The van der Waals surface area contributed by atoms with Crippen molar-refractivity contribution in [2.24, 2.45) is 0 Å². The second-order valence-corrected chi connectivity index (χ2v) is 5.67. The van der Waals surface area contributed by atoms with E-state index in [0.29, 0.717) is 11.4 Å². The highest BCUT2D eigenvalue weighted by atomic mass is 35.5. The summed E-state index contributed by atoms with van der Waals surface area (Å²) >= 11 is 7.81. The van der Waals surface area contributed by atoms with Crippen molar-refractivity contribution >= 4 is 23.4 Å². The number of alkyl halides is 1. The van der Waals surface area contributed by atoms with Crippen LogP contribution in [0.4, 0.5) is 0 Å². The summed E-state index contributed by atoms with van der Waals surface area (Å²) in [4.78, 5) is 1.35. The third-order valence-electron chi connectivity index (χ3n) is 2.63. The number of benzene rings is 1. The fourth-order valence-electron chi connectivity index (χ4n) is 1.66. The molecule has 0 aromatic heterocycles. The molecule has 1 N–H and O–H groups in total. The first-order valence-corrected chi connectivity index (χ1v) is 6.82. The van der Waals surface area contributed by atoms with Crippen molar-refractivity contribution in [3.63, 3.8) is 0 Å².